The lowest BCUT2D eigenvalue weighted by Gasteiger charge is -2.35. The molecule has 1 N–H and O–H groups in total. The fraction of sp³-hybridized carbons (Fsp3) is 0.429. The molecule has 0 spiro atoms. The van der Waals surface area contributed by atoms with Crippen molar-refractivity contribution in [2.45, 2.75) is 19.4 Å². The van der Waals surface area contributed by atoms with Gasteiger partial charge in [0.25, 0.3) is 0 Å². The maximum Gasteiger partial charge on any atom is 0.242 e. The van der Waals surface area contributed by atoms with Crippen LogP contribution in [0.4, 0.5) is 5.69 Å². The third-order valence-corrected chi connectivity index (χ3v) is 4.91. The Morgan fingerprint density at radius 3 is 2.85 bits per heavy atom. The predicted molar refractivity (Wildman–Crippen MR) is 105 cm³/mol. The number of carbonyl (C=O) groups excluding carboxylic acids is 1. The summed E-state index contributed by atoms with van der Waals surface area (Å²) >= 11 is 0. The number of para-hydroxylation sites is 1. The minimum absolute atomic E-state index is 0.207. The van der Waals surface area contributed by atoms with Gasteiger partial charge in [0.2, 0.25) is 5.91 Å². The lowest BCUT2D eigenvalue weighted by Crippen LogP contribution is -2.46. The molecule has 2 heterocycles. The van der Waals surface area contributed by atoms with Crippen LogP contribution in [0.1, 0.15) is 18.4 Å². The molecule has 1 fully saturated rings. The van der Waals surface area contributed by atoms with Crippen molar-refractivity contribution in [1.29, 1.82) is 0 Å². The third kappa shape index (κ3) is 5.05. The first-order valence-electron chi connectivity index (χ1n) is 9.37. The van der Waals surface area contributed by atoms with Gasteiger partial charge in [-0.25, -0.2) is 0 Å². The van der Waals surface area contributed by atoms with E-state index in [1.807, 2.05) is 42.4 Å². The molecular weight excluding hydrogens is 324 g/mol. The van der Waals surface area contributed by atoms with Crippen molar-refractivity contribution in [1.82, 2.24) is 15.2 Å². The molecule has 26 heavy (non-hydrogen) atoms. The van der Waals surface area contributed by atoms with Gasteiger partial charge in [-0.05, 0) is 56.1 Å². The number of nitrogens with one attached hydrogen (secondary N) is 1. The second-order valence-electron chi connectivity index (χ2n) is 6.96. The van der Waals surface area contributed by atoms with E-state index in [0.29, 0.717) is 19.0 Å². The average molecular weight is 352 g/mol. The molecule has 0 bridgehead atoms. The zero-order valence-corrected chi connectivity index (χ0v) is 15.5. The molecule has 1 aromatic heterocycles. The Labute approximate surface area is 156 Å². The smallest absolute Gasteiger partial charge is 0.242 e. The molecule has 5 nitrogen and oxygen atoms in total. The molecule has 0 saturated carbocycles. The number of amides is 1. The lowest BCUT2D eigenvalue weighted by molar-refractivity contribution is -0.131. The highest BCUT2D eigenvalue weighted by atomic mass is 16.2. The van der Waals surface area contributed by atoms with Crippen LogP contribution in [0.3, 0.4) is 0 Å². The summed E-state index contributed by atoms with van der Waals surface area (Å²) in [6.45, 7) is 3.77. The van der Waals surface area contributed by atoms with E-state index in [1.165, 1.54) is 6.42 Å². The van der Waals surface area contributed by atoms with Crippen molar-refractivity contribution in [3.63, 3.8) is 0 Å². The van der Waals surface area contributed by atoms with Gasteiger partial charge in [0.15, 0.2) is 0 Å². The summed E-state index contributed by atoms with van der Waals surface area (Å²) in [7, 11) is 1.98. The second-order valence-corrected chi connectivity index (χ2v) is 6.96. The molecule has 1 unspecified atom stereocenters. The molecule has 1 amide bonds. The molecular formula is C21H28N4O. The van der Waals surface area contributed by atoms with Gasteiger partial charge in [0, 0.05) is 37.7 Å². The fourth-order valence-corrected chi connectivity index (χ4v) is 3.60. The SMILES string of the molecule is CNCC1CCCN(C(=O)CN(Cc2cccnc2)c2ccccc2)C1. The zero-order chi connectivity index (χ0) is 18.2. The standard InChI is InChI=1S/C21H28N4O/c1-22-13-18-8-6-12-24(15-18)21(26)17-25(20-9-3-2-4-10-20)16-19-7-5-11-23-14-19/h2-5,7,9-11,14,18,22H,6,8,12-13,15-17H2,1H3. The van der Waals surface area contributed by atoms with Gasteiger partial charge < -0.3 is 15.1 Å². The number of hydrogen-bond acceptors (Lipinski definition) is 4. The molecule has 1 saturated heterocycles. The summed E-state index contributed by atoms with van der Waals surface area (Å²) in [5.74, 6) is 0.764. The Morgan fingerprint density at radius 1 is 1.27 bits per heavy atom. The molecule has 5 heteroatoms. The Balaban J connectivity index is 1.69. The van der Waals surface area contributed by atoms with Crippen LogP contribution in [-0.2, 0) is 11.3 Å². The third-order valence-electron chi connectivity index (χ3n) is 4.91. The number of hydrogen-bond donors (Lipinski definition) is 1. The van der Waals surface area contributed by atoms with E-state index in [0.717, 1.165) is 37.3 Å². The van der Waals surface area contributed by atoms with E-state index in [-0.39, 0.29) is 5.91 Å². The largest absolute Gasteiger partial charge is 0.358 e. The molecule has 1 aliphatic rings. The van der Waals surface area contributed by atoms with Gasteiger partial charge in [0.1, 0.15) is 0 Å². The number of nitrogens with zero attached hydrogens (tertiary/aromatic N) is 3. The van der Waals surface area contributed by atoms with Crippen molar-refractivity contribution in [3.05, 3.63) is 60.4 Å². The van der Waals surface area contributed by atoms with Crippen LogP contribution in [0, 0.1) is 5.92 Å². The van der Waals surface area contributed by atoms with E-state index >= 15 is 0 Å². The Morgan fingerprint density at radius 2 is 2.12 bits per heavy atom. The van der Waals surface area contributed by atoms with E-state index in [2.05, 4.69) is 33.4 Å². The highest BCUT2D eigenvalue weighted by Crippen LogP contribution is 2.19. The van der Waals surface area contributed by atoms with Crippen molar-refractivity contribution in [2.75, 3.05) is 38.1 Å². The van der Waals surface area contributed by atoms with Crippen molar-refractivity contribution < 1.29 is 4.79 Å². The van der Waals surface area contributed by atoms with Crippen LogP contribution in [0.2, 0.25) is 0 Å². The van der Waals surface area contributed by atoms with Gasteiger partial charge in [0.05, 0.1) is 6.54 Å². The van der Waals surface area contributed by atoms with Crippen LogP contribution in [-0.4, -0.2) is 49.0 Å². The Hall–Kier alpha value is -2.40. The first-order chi connectivity index (χ1) is 12.8. The summed E-state index contributed by atoms with van der Waals surface area (Å²) < 4.78 is 0. The highest BCUT2D eigenvalue weighted by Gasteiger charge is 2.24. The molecule has 138 valence electrons. The highest BCUT2D eigenvalue weighted by molar-refractivity contribution is 5.81. The molecule has 3 rings (SSSR count). The molecule has 1 aliphatic heterocycles. The lowest BCUT2D eigenvalue weighted by atomic mass is 9.98. The van der Waals surface area contributed by atoms with Crippen molar-refractivity contribution in [2.24, 2.45) is 5.92 Å². The normalized spacial score (nSPS) is 17.1. The number of carbonyl (C=O) groups is 1. The number of rotatable bonds is 7. The molecule has 0 aliphatic carbocycles. The van der Waals surface area contributed by atoms with Crippen LogP contribution in [0.15, 0.2) is 54.9 Å². The second kappa shape index (κ2) is 9.34. The quantitative estimate of drug-likeness (QED) is 0.832. The van der Waals surface area contributed by atoms with Crippen LogP contribution < -0.4 is 10.2 Å². The van der Waals surface area contributed by atoms with Gasteiger partial charge in [-0.15, -0.1) is 0 Å². The summed E-state index contributed by atoms with van der Waals surface area (Å²) in [5.41, 5.74) is 2.17. The monoisotopic (exact) mass is 352 g/mol. The first-order valence-corrected chi connectivity index (χ1v) is 9.37. The van der Waals surface area contributed by atoms with E-state index in [1.54, 1.807) is 6.20 Å². The minimum Gasteiger partial charge on any atom is -0.358 e. The van der Waals surface area contributed by atoms with Crippen molar-refractivity contribution in [3.8, 4) is 0 Å². The van der Waals surface area contributed by atoms with Crippen molar-refractivity contribution >= 4 is 11.6 Å². The predicted octanol–water partition coefficient (Wildman–Crippen LogP) is 2.55. The average Bonchev–Trinajstić information content (AvgIpc) is 2.69. The maximum absolute atomic E-state index is 13.0. The topological polar surface area (TPSA) is 48.5 Å². The van der Waals surface area contributed by atoms with Gasteiger partial charge in [-0.3, -0.25) is 9.78 Å². The minimum atomic E-state index is 0.207. The molecule has 0 radical (unpaired) electrons. The number of pyridine rings is 1. The van der Waals surface area contributed by atoms with E-state index in [9.17, 15) is 4.79 Å². The summed E-state index contributed by atoms with van der Waals surface area (Å²) in [6, 6.07) is 14.1. The van der Waals surface area contributed by atoms with Gasteiger partial charge >= 0.3 is 0 Å². The Bertz CT molecular complexity index is 675. The number of benzene rings is 1. The van der Waals surface area contributed by atoms with Gasteiger partial charge in [-0.1, -0.05) is 24.3 Å². The zero-order valence-electron chi connectivity index (χ0n) is 15.5. The van der Waals surface area contributed by atoms with E-state index < -0.39 is 0 Å². The first kappa shape index (κ1) is 18.4. The van der Waals surface area contributed by atoms with Crippen LogP contribution in [0.25, 0.3) is 0 Å². The number of anilines is 1. The summed E-state index contributed by atoms with van der Waals surface area (Å²) in [6.07, 6.45) is 5.93. The fourth-order valence-electron chi connectivity index (χ4n) is 3.60. The van der Waals surface area contributed by atoms with E-state index in [4.69, 9.17) is 0 Å². The van der Waals surface area contributed by atoms with Crippen LogP contribution in [0.5, 0.6) is 0 Å². The molecule has 2 aromatic rings. The molecule has 1 aromatic carbocycles. The Kier molecular flexibility index (Phi) is 6.61. The summed E-state index contributed by atoms with van der Waals surface area (Å²) in [4.78, 5) is 21.3. The molecule has 1 atom stereocenters. The van der Waals surface area contributed by atoms with Crippen LogP contribution >= 0.6 is 0 Å². The maximum atomic E-state index is 13.0. The number of piperidine rings is 1. The summed E-state index contributed by atoms with van der Waals surface area (Å²) in [5, 5.41) is 3.24. The van der Waals surface area contributed by atoms with Gasteiger partial charge in [-0.2, -0.15) is 0 Å². The number of likely N-dealkylation sites (tertiary alicyclic amines) is 1. The number of aromatic nitrogens is 1.